The molecule has 1 aromatic rings. The van der Waals surface area contributed by atoms with Crippen molar-refractivity contribution in [3.05, 3.63) is 29.3 Å². The van der Waals surface area contributed by atoms with Crippen LogP contribution in [0.2, 0.25) is 0 Å². The monoisotopic (exact) mass is 290 g/mol. The Kier molecular flexibility index (Phi) is 4.59. The molecule has 8 heteroatoms. The summed E-state index contributed by atoms with van der Waals surface area (Å²) < 4.78 is 37.6. The average Bonchev–Trinajstić information content (AvgIpc) is 2.30. The van der Waals surface area contributed by atoms with Crippen LogP contribution in [0.25, 0.3) is 0 Å². The molecule has 0 spiro atoms. The molecule has 0 aromatic heterocycles. The van der Waals surface area contributed by atoms with Crippen molar-refractivity contribution in [1.29, 1.82) is 0 Å². The van der Waals surface area contributed by atoms with Gasteiger partial charge in [-0.2, -0.15) is 13.2 Å². The third-order valence-electron chi connectivity index (χ3n) is 2.53. The summed E-state index contributed by atoms with van der Waals surface area (Å²) in [4.78, 5) is 22.0. The van der Waals surface area contributed by atoms with Crippen molar-refractivity contribution in [3.63, 3.8) is 0 Å². The molecule has 20 heavy (non-hydrogen) atoms. The molecule has 0 saturated carbocycles. The zero-order valence-electron chi connectivity index (χ0n) is 10.7. The van der Waals surface area contributed by atoms with Crippen LogP contribution < -0.4 is 10.6 Å². The van der Waals surface area contributed by atoms with E-state index >= 15 is 0 Å². The summed E-state index contributed by atoms with van der Waals surface area (Å²) in [5.41, 5.74) is -0.504. The van der Waals surface area contributed by atoms with Gasteiger partial charge in [0.15, 0.2) is 0 Å². The number of aliphatic carboxylic acids is 1. The van der Waals surface area contributed by atoms with Crippen LogP contribution in [0.15, 0.2) is 18.2 Å². The molecule has 0 aliphatic carbocycles. The van der Waals surface area contributed by atoms with Crippen LogP contribution in [0.4, 0.5) is 23.7 Å². The van der Waals surface area contributed by atoms with Crippen LogP contribution in [-0.4, -0.2) is 23.1 Å². The van der Waals surface area contributed by atoms with Crippen molar-refractivity contribution >= 4 is 17.7 Å². The number of anilines is 1. The summed E-state index contributed by atoms with van der Waals surface area (Å²) in [6, 6.07) is 0.876. The van der Waals surface area contributed by atoms with E-state index in [1.165, 1.54) is 19.9 Å². The smallest absolute Gasteiger partial charge is 0.416 e. The molecule has 5 nitrogen and oxygen atoms in total. The van der Waals surface area contributed by atoms with Gasteiger partial charge in [0, 0.05) is 5.69 Å². The Morgan fingerprint density at radius 3 is 2.40 bits per heavy atom. The number of hydrogen-bond acceptors (Lipinski definition) is 2. The fourth-order valence-electron chi connectivity index (χ4n) is 1.35. The van der Waals surface area contributed by atoms with Crippen LogP contribution in [0.5, 0.6) is 0 Å². The van der Waals surface area contributed by atoms with Gasteiger partial charge >= 0.3 is 18.2 Å². The SMILES string of the molecule is Cc1ccc(C(F)(F)F)cc1NC(=O)N[C@H](C)C(=O)O. The normalized spacial score (nSPS) is 12.7. The number of carboxylic acids is 1. The molecule has 0 aliphatic rings. The van der Waals surface area contributed by atoms with Crippen LogP contribution >= 0.6 is 0 Å². The van der Waals surface area contributed by atoms with Crippen LogP contribution in [0, 0.1) is 6.92 Å². The lowest BCUT2D eigenvalue weighted by molar-refractivity contribution is -0.139. The topological polar surface area (TPSA) is 78.4 Å². The number of urea groups is 1. The molecule has 0 radical (unpaired) electrons. The lowest BCUT2D eigenvalue weighted by Crippen LogP contribution is -2.41. The van der Waals surface area contributed by atoms with Gasteiger partial charge in [-0.25, -0.2) is 4.79 Å². The Labute approximate surface area is 112 Å². The fraction of sp³-hybridized carbons (Fsp3) is 0.333. The van der Waals surface area contributed by atoms with Gasteiger partial charge in [0.1, 0.15) is 6.04 Å². The third kappa shape index (κ3) is 4.15. The lowest BCUT2D eigenvalue weighted by Gasteiger charge is -2.14. The molecular weight excluding hydrogens is 277 g/mol. The van der Waals surface area contributed by atoms with Crippen LogP contribution in [0.1, 0.15) is 18.1 Å². The van der Waals surface area contributed by atoms with Crippen molar-refractivity contribution in [2.75, 3.05) is 5.32 Å². The Balaban J connectivity index is 2.87. The molecule has 110 valence electrons. The highest BCUT2D eigenvalue weighted by atomic mass is 19.4. The standard InChI is InChI=1S/C12H13F3N2O3/c1-6-3-4-8(12(13,14)15)5-9(6)17-11(20)16-7(2)10(18)19/h3-5,7H,1-2H3,(H,18,19)(H2,16,17,20)/t7-/m1/s1. The number of halogens is 3. The summed E-state index contributed by atoms with van der Waals surface area (Å²) in [5.74, 6) is -1.25. The van der Waals surface area contributed by atoms with Gasteiger partial charge in [-0.05, 0) is 31.5 Å². The molecule has 0 fully saturated rings. The number of carbonyl (C=O) groups excluding carboxylic acids is 1. The van der Waals surface area contributed by atoms with E-state index in [0.29, 0.717) is 5.56 Å². The third-order valence-corrected chi connectivity index (χ3v) is 2.53. The summed E-state index contributed by atoms with van der Waals surface area (Å²) in [6.45, 7) is 2.76. The number of nitrogens with one attached hydrogen (secondary N) is 2. The first-order valence-electron chi connectivity index (χ1n) is 5.59. The van der Waals surface area contributed by atoms with Gasteiger partial charge in [0.05, 0.1) is 5.56 Å². The van der Waals surface area contributed by atoms with Gasteiger partial charge in [-0.3, -0.25) is 4.79 Å². The maximum atomic E-state index is 12.5. The first-order valence-corrected chi connectivity index (χ1v) is 5.59. The number of carbonyl (C=O) groups is 2. The number of benzene rings is 1. The summed E-state index contributed by atoms with van der Waals surface area (Å²) in [6.07, 6.45) is -4.52. The highest BCUT2D eigenvalue weighted by molar-refractivity contribution is 5.92. The molecule has 0 saturated heterocycles. The summed E-state index contributed by atoms with van der Waals surface area (Å²) in [7, 11) is 0. The van der Waals surface area contributed by atoms with E-state index in [1.54, 1.807) is 0 Å². The van der Waals surface area contributed by atoms with Gasteiger partial charge in [0.2, 0.25) is 0 Å². The van der Waals surface area contributed by atoms with Gasteiger partial charge in [-0.15, -0.1) is 0 Å². The predicted octanol–water partition coefficient (Wildman–Crippen LogP) is 2.61. The van der Waals surface area contributed by atoms with Gasteiger partial charge in [0.25, 0.3) is 0 Å². The maximum Gasteiger partial charge on any atom is 0.416 e. The van der Waals surface area contributed by atoms with Crippen molar-refractivity contribution in [1.82, 2.24) is 5.32 Å². The Morgan fingerprint density at radius 1 is 1.30 bits per heavy atom. The molecule has 1 atom stereocenters. The van der Waals surface area contributed by atoms with Crippen molar-refractivity contribution in [2.24, 2.45) is 0 Å². The average molecular weight is 290 g/mol. The molecule has 2 amide bonds. The van der Waals surface area contributed by atoms with E-state index in [-0.39, 0.29) is 5.69 Å². The molecule has 0 bridgehead atoms. The minimum Gasteiger partial charge on any atom is -0.480 e. The van der Waals surface area contributed by atoms with Crippen molar-refractivity contribution < 1.29 is 27.9 Å². The first kappa shape index (κ1) is 15.8. The number of amides is 2. The van der Waals surface area contributed by atoms with Crippen LogP contribution in [-0.2, 0) is 11.0 Å². The van der Waals surface area contributed by atoms with Gasteiger partial charge in [-0.1, -0.05) is 6.07 Å². The molecule has 0 aliphatic heterocycles. The second kappa shape index (κ2) is 5.81. The van der Waals surface area contributed by atoms with Gasteiger partial charge < -0.3 is 15.7 Å². The molecule has 1 rings (SSSR count). The number of rotatable bonds is 3. The van der Waals surface area contributed by atoms with Crippen molar-refractivity contribution in [3.8, 4) is 0 Å². The highest BCUT2D eigenvalue weighted by Gasteiger charge is 2.31. The largest absolute Gasteiger partial charge is 0.480 e. The van der Waals surface area contributed by atoms with E-state index in [4.69, 9.17) is 5.11 Å². The summed E-state index contributed by atoms with van der Waals surface area (Å²) >= 11 is 0. The van der Waals surface area contributed by atoms with E-state index in [9.17, 15) is 22.8 Å². The molecular formula is C12H13F3N2O3. The second-order valence-corrected chi connectivity index (χ2v) is 4.19. The summed E-state index contributed by atoms with van der Waals surface area (Å²) in [5, 5.41) is 12.9. The number of alkyl halides is 3. The van der Waals surface area contributed by atoms with E-state index in [0.717, 1.165) is 12.1 Å². The number of carboxylic acid groups (broad SMARTS) is 1. The Hall–Kier alpha value is -2.25. The molecule has 0 heterocycles. The fourth-order valence-corrected chi connectivity index (χ4v) is 1.35. The quantitative estimate of drug-likeness (QED) is 0.800. The second-order valence-electron chi connectivity index (χ2n) is 4.19. The Morgan fingerprint density at radius 2 is 1.90 bits per heavy atom. The lowest BCUT2D eigenvalue weighted by atomic mass is 10.1. The number of aryl methyl sites for hydroxylation is 1. The zero-order chi connectivity index (χ0) is 15.5. The minimum absolute atomic E-state index is 0.0325. The van der Waals surface area contributed by atoms with Crippen molar-refractivity contribution in [2.45, 2.75) is 26.1 Å². The minimum atomic E-state index is -4.52. The van der Waals surface area contributed by atoms with E-state index in [2.05, 4.69) is 10.6 Å². The van der Waals surface area contributed by atoms with E-state index < -0.39 is 29.8 Å². The van der Waals surface area contributed by atoms with E-state index in [1.807, 2.05) is 0 Å². The van der Waals surface area contributed by atoms with Crippen LogP contribution in [0.3, 0.4) is 0 Å². The zero-order valence-corrected chi connectivity index (χ0v) is 10.7. The Bertz CT molecular complexity index is 529. The molecule has 0 unspecified atom stereocenters. The maximum absolute atomic E-state index is 12.5. The molecule has 3 N–H and O–H groups in total. The number of hydrogen-bond donors (Lipinski definition) is 3. The predicted molar refractivity (Wildman–Crippen MR) is 65.4 cm³/mol. The highest BCUT2D eigenvalue weighted by Crippen LogP contribution is 2.31. The molecule has 1 aromatic carbocycles. The first-order chi connectivity index (χ1) is 9.11.